The van der Waals surface area contributed by atoms with Crippen LogP contribution in [0.25, 0.3) is 0 Å². The molecule has 0 radical (unpaired) electrons. The molecule has 5 aliphatic carbocycles. The lowest BCUT2D eigenvalue weighted by molar-refractivity contribution is -0.246. The highest BCUT2D eigenvalue weighted by Crippen LogP contribution is 2.77. The van der Waals surface area contributed by atoms with Gasteiger partial charge in [-0.05, 0) is 165 Å². The van der Waals surface area contributed by atoms with Gasteiger partial charge >= 0.3 is 5.97 Å². The second-order valence-electron chi connectivity index (χ2n) is 19.3. The molecule has 0 aromatic heterocycles. The predicted octanol–water partition coefficient (Wildman–Crippen LogP) is 9.31. The van der Waals surface area contributed by atoms with Crippen molar-refractivity contribution in [1.82, 2.24) is 5.32 Å². The molecule has 7 rings (SSSR count). The van der Waals surface area contributed by atoms with Crippen molar-refractivity contribution in [3.8, 4) is 0 Å². The molecule has 2 aromatic carbocycles. The fraction of sp³-hybridized carbons (Fsp3) is 0.630. The van der Waals surface area contributed by atoms with E-state index in [0.29, 0.717) is 53.8 Å². The zero-order valence-electron chi connectivity index (χ0n) is 32.9. The third kappa shape index (κ3) is 5.90. The van der Waals surface area contributed by atoms with Crippen molar-refractivity contribution in [2.45, 2.75) is 118 Å². The van der Waals surface area contributed by atoms with Crippen molar-refractivity contribution >= 4 is 23.5 Å². The molecular weight excluding hydrogens is 661 g/mol. The Balaban J connectivity index is 1.07. The van der Waals surface area contributed by atoms with Crippen molar-refractivity contribution in [3.05, 3.63) is 77.4 Å². The summed E-state index contributed by atoms with van der Waals surface area (Å²) < 4.78 is 0. The van der Waals surface area contributed by atoms with Gasteiger partial charge in [0.25, 0.3) is 5.91 Å². The minimum absolute atomic E-state index is 0.0633. The van der Waals surface area contributed by atoms with Crippen molar-refractivity contribution in [2.24, 2.45) is 56.7 Å². The zero-order valence-corrected chi connectivity index (χ0v) is 32.9. The van der Waals surface area contributed by atoms with Crippen LogP contribution in [0, 0.1) is 56.7 Å². The van der Waals surface area contributed by atoms with Gasteiger partial charge in [0, 0.05) is 17.8 Å². The van der Waals surface area contributed by atoms with Crippen molar-refractivity contribution in [1.29, 1.82) is 0 Å². The zero-order chi connectivity index (χ0) is 38.1. The molecule has 0 aliphatic heterocycles. The number of amides is 2. The lowest BCUT2D eigenvalue weighted by Crippen LogP contribution is -2.67. The Hall–Kier alpha value is -3.45. The molecule has 286 valence electrons. The Morgan fingerprint density at radius 1 is 0.811 bits per heavy atom. The molecule has 5 aliphatic rings. The van der Waals surface area contributed by atoms with Crippen LogP contribution in [0.1, 0.15) is 132 Å². The predicted molar refractivity (Wildman–Crippen MR) is 209 cm³/mol. The Bertz CT molecular complexity index is 1800. The van der Waals surface area contributed by atoms with Crippen LogP contribution in [0.4, 0.5) is 5.69 Å². The maximum Gasteiger partial charge on any atom is 0.335 e. The summed E-state index contributed by atoms with van der Waals surface area (Å²) in [4.78, 5) is 39.1. The fourth-order valence-corrected chi connectivity index (χ4v) is 13.8. The van der Waals surface area contributed by atoms with Gasteiger partial charge < -0.3 is 20.8 Å². The van der Waals surface area contributed by atoms with Gasteiger partial charge in [0.2, 0.25) is 5.91 Å². The third-order valence-corrected chi connectivity index (χ3v) is 16.8. The topological polar surface area (TPSA) is 116 Å². The summed E-state index contributed by atoms with van der Waals surface area (Å²) in [6.07, 6.45) is 11.1. The van der Waals surface area contributed by atoms with Crippen molar-refractivity contribution < 1.29 is 24.6 Å². The quantitative estimate of drug-likeness (QED) is 0.203. The van der Waals surface area contributed by atoms with E-state index in [2.05, 4.69) is 58.8 Å². The van der Waals surface area contributed by atoms with Gasteiger partial charge in [-0.15, -0.1) is 0 Å². The molecule has 0 saturated heterocycles. The molecule has 10 atom stereocenters. The van der Waals surface area contributed by atoms with Crippen molar-refractivity contribution in [3.63, 3.8) is 0 Å². The number of aliphatic hydroxyl groups excluding tert-OH is 1. The molecule has 0 spiro atoms. The lowest BCUT2D eigenvalue weighted by Gasteiger charge is -2.72. The smallest absolute Gasteiger partial charge is 0.335 e. The summed E-state index contributed by atoms with van der Waals surface area (Å²) in [7, 11) is 0. The first-order chi connectivity index (χ1) is 25.0. The summed E-state index contributed by atoms with van der Waals surface area (Å²) in [5, 5.41) is 26.6. The number of benzene rings is 2. The number of anilines is 1. The number of carboxylic acids is 1. The number of allylic oxidation sites excluding steroid dienone is 1. The van der Waals surface area contributed by atoms with E-state index >= 15 is 0 Å². The van der Waals surface area contributed by atoms with Crippen LogP contribution in [0.15, 0.2) is 60.7 Å². The van der Waals surface area contributed by atoms with Crippen LogP contribution in [-0.4, -0.2) is 40.6 Å². The molecule has 4 N–H and O–H groups in total. The van der Waals surface area contributed by atoms with E-state index in [-0.39, 0.29) is 50.6 Å². The maximum atomic E-state index is 14.6. The fourth-order valence-electron chi connectivity index (χ4n) is 13.8. The number of carboxylic acid groups (broad SMARTS) is 1. The minimum atomic E-state index is -1.05. The van der Waals surface area contributed by atoms with Crippen LogP contribution in [0.5, 0.6) is 0 Å². The molecule has 7 nitrogen and oxygen atoms in total. The number of fused-ring (bicyclic) bond motifs is 7. The summed E-state index contributed by atoms with van der Waals surface area (Å²) in [5.74, 6) is 1.12. The molecule has 53 heavy (non-hydrogen) atoms. The number of hydrogen-bond acceptors (Lipinski definition) is 4. The van der Waals surface area contributed by atoms with Crippen molar-refractivity contribution in [2.75, 3.05) is 11.9 Å². The monoisotopic (exact) mass is 722 g/mol. The van der Waals surface area contributed by atoms with E-state index in [1.165, 1.54) is 43.4 Å². The number of rotatable bonds is 8. The molecule has 0 heterocycles. The highest BCUT2D eigenvalue weighted by Gasteiger charge is 2.71. The molecule has 5 saturated carbocycles. The minimum Gasteiger partial charge on any atom is -0.478 e. The second kappa shape index (κ2) is 13.4. The highest BCUT2D eigenvalue weighted by molar-refractivity contribution is 6.05. The third-order valence-electron chi connectivity index (χ3n) is 16.8. The van der Waals surface area contributed by atoms with Crippen LogP contribution >= 0.6 is 0 Å². The molecule has 7 heteroatoms. The van der Waals surface area contributed by atoms with Gasteiger partial charge in [-0.25, -0.2) is 4.79 Å². The van der Waals surface area contributed by atoms with E-state index in [1.807, 2.05) is 18.2 Å². The van der Waals surface area contributed by atoms with Gasteiger partial charge in [0.05, 0.1) is 17.1 Å². The molecular formula is C46H62N2O5. The number of hydrogen-bond donors (Lipinski definition) is 4. The molecule has 4 unspecified atom stereocenters. The molecule has 0 bridgehead atoms. The van der Waals surface area contributed by atoms with Gasteiger partial charge in [-0.3, -0.25) is 9.59 Å². The number of carbonyl (C=O) groups excluding carboxylic acids is 2. The van der Waals surface area contributed by atoms with E-state index < -0.39 is 5.97 Å². The standard InChI is InChI=1S/C46H62N2O5/c1-28(2)33-16-22-46(41(53)47-25-19-29-10-8-11-30(26-29)39(50)48-32-13-9-12-31(27-32)40(51)52)24-23-44(6)34(38(33)46)14-15-36-43(5)20-18-37(49)42(3,4)35(43)17-21-45(36,44)7/h8-13,26-27,33-38,49H,1,14-25H2,2-7H3,(H,47,53)(H,48,50)(H,51,52)/t33-,34?,35?,36?,37-,38?,43-,44+,45+,46-/m0/s1. The normalized spacial score (nSPS) is 38.3. The van der Waals surface area contributed by atoms with Crippen LogP contribution in [-0.2, 0) is 11.2 Å². The Labute approximate surface area is 316 Å². The Morgan fingerprint density at radius 3 is 2.28 bits per heavy atom. The SMILES string of the molecule is C=C(C)[C@@H]1CC[C@]2(C(=O)NCCc3cccc(C(=O)Nc4cccc(C(=O)O)c4)c3)CC[C@]3(C)C(CCC4[C@@]5(C)CC[C@H](O)C(C)(C)C5CC[C@]43C)C12. The molecule has 2 aromatic rings. The lowest BCUT2D eigenvalue weighted by atomic mass is 9.32. The molecule has 5 fully saturated rings. The van der Waals surface area contributed by atoms with Gasteiger partial charge in [0.15, 0.2) is 0 Å². The van der Waals surface area contributed by atoms with Crippen LogP contribution in [0.3, 0.4) is 0 Å². The van der Waals surface area contributed by atoms with Crippen LogP contribution < -0.4 is 10.6 Å². The summed E-state index contributed by atoms with van der Waals surface area (Å²) >= 11 is 0. The first-order valence-corrected chi connectivity index (χ1v) is 20.3. The average molecular weight is 723 g/mol. The highest BCUT2D eigenvalue weighted by atomic mass is 16.4. The first-order valence-electron chi connectivity index (χ1n) is 20.3. The van der Waals surface area contributed by atoms with E-state index in [1.54, 1.807) is 18.2 Å². The molecule has 2 amide bonds. The number of nitrogens with one attached hydrogen (secondary N) is 2. The van der Waals surface area contributed by atoms with Crippen LogP contribution in [0.2, 0.25) is 0 Å². The number of aliphatic hydroxyl groups is 1. The van der Waals surface area contributed by atoms with Gasteiger partial charge in [-0.2, -0.15) is 0 Å². The number of carbonyl (C=O) groups is 3. The largest absolute Gasteiger partial charge is 0.478 e. The van der Waals surface area contributed by atoms with Gasteiger partial charge in [0.1, 0.15) is 0 Å². The van der Waals surface area contributed by atoms with E-state index in [4.69, 9.17) is 0 Å². The average Bonchev–Trinajstić information content (AvgIpc) is 3.52. The van der Waals surface area contributed by atoms with E-state index in [0.717, 1.165) is 44.1 Å². The number of aromatic carboxylic acids is 1. The summed E-state index contributed by atoms with van der Waals surface area (Å²) in [6.45, 7) is 19.6. The Morgan fingerprint density at radius 2 is 1.55 bits per heavy atom. The summed E-state index contributed by atoms with van der Waals surface area (Å²) in [6, 6.07) is 13.7. The van der Waals surface area contributed by atoms with E-state index in [9.17, 15) is 24.6 Å². The first kappa shape index (κ1) is 37.8. The second-order valence-corrected chi connectivity index (χ2v) is 19.3. The maximum absolute atomic E-state index is 14.6. The Kier molecular flexibility index (Phi) is 9.56. The summed E-state index contributed by atoms with van der Waals surface area (Å²) in [5.41, 5.74) is 3.33. The van der Waals surface area contributed by atoms with Gasteiger partial charge in [-0.1, -0.05) is 65.0 Å².